The molecule has 1 nitrogen and oxygen atoms in total. The van der Waals surface area contributed by atoms with Crippen LogP contribution in [0.25, 0.3) is 21.8 Å². The first-order chi connectivity index (χ1) is 10.3. The molecular formula is C20H21N. The van der Waals surface area contributed by atoms with E-state index < -0.39 is 0 Å². The second kappa shape index (κ2) is 6.01. The first-order valence-corrected chi connectivity index (χ1v) is 7.55. The van der Waals surface area contributed by atoms with Crippen molar-refractivity contribution in [3.8, 4) is 0 Å². The van der Waals surface area contributed by atoms with Gasteiger partial charge in [0.15, 0.2) is 0 Å². The van der Waals surface area contributed by atoms with Gasteiger partial charge in [-0.25, -0.2) is 0 Å². The SMILES string of the molecule is C=C/C=C(/C)CCCn1c2ccccc2c2ccccc21. The van der Waals surface area contributed by atoms with Crippen LogP contribution in [0.2, 0.25) is 0 Å². The number of benzene rings is 2. The topological polar surface area (TPSA) is 4.93 Å². The Morgan fingerprint density at radius 2 is 1.57 bits per heavy atom. The number of rotatable bonds is 5. The summed E-state index contributed by atoms with van der Waals surface area (Å²) in [5.41, 5.74) is 4.07. The summed E-state index contributed by atoms with van der Waals surface area (Å²) in [5.74, 6) is 0. The van der Waals surface area contributed by atoms with Crippen molar-refractivity contribution in [3.05, 3.63) is 72.8 Å². The van der Waals surface area contributed by atoms with Crippen molar-refractivity contribution >= 4 is 21.8 Å². The number of aryl methyl sites for hydroxylation is 1. The average molecular weight is 275 g/mol. The normalized spacial score (nSPS) is 12.1. The molecule has 0 saturated heterocycles. The lowest BCUT2D eigenvalue weighted by molar-refractivity contribution is 0.675. The van der Waals surface area contributed by atoms with Crippen LogP contribution < -0.4 is 0 Å². The van der Waals surface area contributed by atoms with Crippen LogP contribution in [0.1, 0.15) is 19.8 Å². The highest BCUT2D eigenvalue weighted by Crippen LogP contribution is 2.29. The van der Waals surface area contributed by atoms with Crippen molar-refractivity contribution < 1.29 is 0 Å². The zero-order valence-electron chi connectivity index (χ0n) is 12.5. The quantitative estimate of drug-likeness (QED) is 0.526. The molecule has 0 radical (unpaired) electrons. The fraction of sp³-hybridized carbons (Fsp3) is 0.200. The minimum atomic E-state index is 1.05. The van der Waals surface area contributed by atoms with E-state index in [1.807, 2.05) is 6.08 Å². The maximum atomic E-state index is 3.76. The molecule has 1 heteroatoms. The molecule has 0 amide bonds. The number of para-hydroxylation sites is 2. The summed E-state index contributed by atoms with van der Waals surface area (Å²) in [7, 11) is 0. The third kappa shape index (κ3) is 2.64. The van der Waals surface area contributed by atoms with E-state index in [4.69, 9.17) is 0 Å². The zero-order valence-corrected chi connectivity index (χ0v) is 12.5. The molecule has 106 valence electrons. The molecule has 0 unspecified atom stereocenters. The summed E-state index contributed by atoms with van der Waals surface area (Å²) in [6.45, 7) is 6.98. The molecule has 0 saturated carbocycles. The third-order valence-electron chi connectivity index (χ3n) is 4.04. The molecule has 0 spiro atoms. The third-order valence-corrected chi connectivity index (χ3v) is 4.04. The maximum Gasteiger partial charge on any atom is 0.0491 e. The highest BCUT2D eigenvalue weighted by molar-refractivity contribution is 6.07. The lowest BCUT2D eigenvalue weighted by Crippen LogP contribution is -1.97. The second-order valence-corrected chi connectivity index (χ2v) is 5.54. The number of hydrogen-bond donors (Lipinski definition) is 0. The van der Waals surface area contributed by atoms with Crippen molar-refractivity contribution in [1.29, 1.82) is 0 Å². The fourth-order valence-corrected chi connectivity index (χ4v) is 3.04. The van der Waals surface area contributed by atoms with Crippen LogP contribution >= 0.6 is 0 Å². The van der Waals surface area contributed by atoms with Crippen molar-refractivity contribution in [2.45, 2.75) is 26.3 Å². The van der Waals surface area contributed by atoms with Gasteiger partial charge in [-0.3, -0.25) is 0 Å². The molecule has 0 fully saturated rings. The highest BCUT2D eigenvalue weighted by Gasteiger charge is 2.08. The van der Waals surface area contributed by atoms with Gasteiger partial charge >= 0.3 is 0 Å². The highest BCUT2D eigenvalue weighted by atomic mass is 15.0. The van der Waals surface area contributed by atoms with E-state index in [1.54, 1.807) is 0 Å². The van der Waals surface area contributed by atoms with Gasteiger partial charge in [0.05, 0.1) is 0 Å². The van der Waals surface area contributed by atoms with Gasteiger partial charge in [-0.1, -0.05) is 60.7 Å². The summed E-state index contributed by atoms with van der Waals surface area (Å²) in [6, 6.07) is 17.4. The van der Waals surface area contributed by atoms with Gasteiger partial charge in [-0.2, -0.15) is 0 Å². The Kier molecular flexibility index (Phi) is 3.92. The standard InChI is InChI=1S/C20H21N/c1-3-9-16(2)10-8-15-21-19-13-6-4-11-17(19)18-12-5-7-14-20(18)21/h3-7,9,11-14H,1,8,10,15H2,2H3/b16-9-. The van der Waals surface area contributed by atoms with E-state index in [-0.39, 0.29) is 0 Å². The van der Waals surface area contributed by atoms with Crippen molar-refractivity contribution in [1.82, 2.24) is 4.57 Å². The van der Waals surface area contributed by atoms with Crippen molar-refractivity contribution in [3.63, 3.8) is 0 Å². The fourth-order valence-electron chi connectivity index (χ4n) is 3.04. The van der Waals surface area contributed by atoms with Crippen LogP contribution in [0, 0.1) is 0 Å². The van der Waals surface area contributed by atoms with Crippen molar-refractivity contribution in [2.75, 3.05) is 0 Å². The Morgan fingerprint density at radius 1 is 1.00 bits per heavy atom. The summed E-state index contributed by atoms with van der Waals surface area (Å²) in [6.07, 6.45) is 6.24. The Morgan fingerprint density at radius 3 is 2.14 bits per heavy atom. The number of hydrogen-bond acceptors (Lipinski definition) is 0. The van der Waals surface area contributed by atoms with Gasteiger partial charge < -0.3 is 4.57 Å². The second-order valence-electron chi connectivity index (χ2n) is 5.54. The van der Waals surface area contributed by atoms with E-state index in [1.165, 1.54) is 27.4 Å². The molecule has 2 aromatic carbocycles. The molecule has 0 aliphatic carbocycles. The lowest BCUT2D eigenvalue weighted by Gasteiger charge is -2.07. The predicted molar refractivity (Wildman–Crippen MR) is 92.6 cm³/mol. The Labute approximate surface area is 126 Å². The average Bonchev–Trinajstić information content (AvgIpc) is 2.83. The molecule has 3 rings (SSSR count). The van der Waals surface area contributed by atoms with Gasteiger partial charge in [0, 0.05) is 28.4 Å². The molecular weight excluding hydrogens is 254 g/mol. The monoisotopic (exact) mass is 275 g/mol. The van der Waals surface area contributed by atoms with Crippen LogP contribution in [0.5, 0.6) is 0 Å². The van der Waals surface area contributed by atoms with Crippen LogP contribution in [0.3, 0.4) is 0 Å². The number of allylic oxidation sites excluding steroid dienone is 3. The van der Waals surface area contributed by atoms with Crippen LogP contribution in [-0.2, 0) is 6.54 Å². The largest absolute Gasteiger partial charge is 0.340 e. The Balaban J connectivity index is 1.96. The smallest absolute Gasteiger partial charge is 0.0491 e. The van der Waals surface area contributed by atoms with Gasteiger partial charge in [0.2, 0.25) is 0 Å². The molecule has 21 heavy (non-hydrogen) atoms. The molecule has 0 bridgehead atoms. The first-order valence-electron chi connectivity index (χ1n) is 7.55. The molecule has 1 aromatic heterocycles. The Bertz CT molecular complexity index is 752. The maximum absolute atomic E-state index is 3.76. The van der Waals surface area contributed by atoms with Gasteiger partial charge in [-0.05, 0) is 31.9 Å². The number of fused-ring (bicyclic) bond motifs is 3. The molecule has 0 atom stereocenters. The molecule has 0 aliphatic rings. The number of aromatic nitrogens is 1. The number of nitrogens with zero attached hydrogens (tertiary/aromatic N) is 1. The van der Waals surface area contributed by atoms with Crippen LogP contribution in [0.4, 0.5) is 0 Å². The Hall–Kier alpha value is -2.28. The van der Waals surface area contributed by atoms with Crippen LogP contribution in [-0.4, -0.2) is 4.57 Å². The van der Waals surface area contributed by atoms with E-state index in [0.717, 1.165) is 19.4 Å². The first kappa shape index (κ1) is 13.7. The van der Waals surface area contributed by atoms with E-state index in [0.29, 0.717) is 0 Å². The van der Waals surface area contributed by atoms with E-state index in [9.17, 15) is 0 Å². The zero-order chi connectivity index (χ0) is 14.7. The molecule has 1 heterocycles. The summed E-state index contributed by atoms with van der Waals surface area (Å²) in [4.78, 5) is 0. The summed E-state index contributed by atoms with van der Waals surface area (Å²) >= 11 is 0. The van der Waals surface area contributed by atoms with Gasteiger partial charge in [0.25, 0.3) is 0 Å². The van der Waals surface area contributed by atoms with E-state index >= 15 is 0 Å². The van der Waals surface area contributed by atoms with Gasteiger partial charge in [0.1, 0.15) is 0 Å². The van der Waals surface area contributed by atoms with Gasteiger partial charge in [-0.15, -0.1) is 0 Å². The van der Waals surface area contributed by atoms with Crippen LogP contribution in [0.15, 0.2) is 72.8 Å². The van der Waals surface area contributed by atoms with Crippen molar-refractivity contribution in [2.24, 2.45) is 0 Å². The minimum absolute atomic E-state index is 1.05. The molecule has 0 aliphatic heterocycles. The minimum Gasteiger partial charge on any atom is -0.340 e. The van der Waals surface area contributed by atoms with E-state index in [2.05, 4.69) is 72.7 Å². The molecule has 3 aromatic rings. The lowest BCUT2D eigenvalue weighted by atomic mass is 10.1. The summed E-state index contributed by atoms with van der Waals surface area (Å²) in [5, 5.41) is 2.71. The predicted octanol–water partition coefficient (Wildman–Crippen LogP) is 5.71. The summed E-state index contributed by atoms with van der Waals surface area (Å²) < 4.78 is 2.45. The molecule has 0 N–H and O–H groups in total.